The van der Waals surface area contributed by atoms with Crippen LogP contribution < -0.4 is 4.74 Å². The lowest BCUT2D eigenvalue weighted by Gasteiger charge is -2.01. The molecule has 0 bridgehead atoms. The first kappa shape index (κ1) is 9.43. The number of ether oxygens (including phenoxy) is 1. The highest BCUT2D eigenvalue weighted by molar-refractivity contribution is 5.49. The summed E-state index contributed by atoms with van der Waals surface area (Å²) in [7, 11) is 1.54. The maximum atomic E-state index is 9.32. The number of methoxy groups -OCH3 is 1. The van der Waals surface area contributed by atoms with Gasteiger partial charge in [-0.05, 0) is 18.2 Å². The van der Waals surface area contributed by atoms with E-state index in [0.717, 1.165) is 0 Å². The Bertz CT molecular complexity index is 347. The maximum Gasteiger partial charge on any atom is 0.131 e. The number of rotatable bonds is 1. The summed E-state index contributed by atoms with van der Waals surface area (Å²) >= 11 is 0. The van der Waals surface area contributed by atoms with Crippen molar-refractivity contribution in [3.8, 4) is 23.3 Å². The molecular formula is C10H10O3. The average molecular weight is 178 g/mol. The predicted octanol–water partition coefficient (Wildman–Crippen LogP) is 0.745. The molecule has 0 heterocycles. The smallest absolute Gasteiger partial charge is 0.131 e. The molecule has 3 heteroatoms. The Morgan fingerprint density at radius 3 is 2.85 bits per heavy atom. The normalized spacial score (nSPS) is 8.77. The third kappa shape index (κ3) is 2.39. The highest BCUT2D eigenvalue weighted by Crippen LogP contribution is 2.21. The molecule has 0 aromatic heterocycles. The van der Waals surface area contributed by atoms with E-state index in [1.807, 2.05) is 0 Å². The molecule has 0 radical (unpaired) electrons. The van der Waals surface area contributed by atoms with Crippen molar-refractivity contribution < 1.29 is 14.9 Å². The molecule has 0 saturated heterocycles. The van der Waals surface area contributed by atoms with Crippen molar-refractivity contribution in [2.75, 3.05) is 13.7 Å². The van der Waals surface area contributed by atoms with Gasteiger partial charge in [0.25, 0.3) is 0 Å². The summed E-state index contributed by atoms with van der Waals surface area (Å²) in [5.41, 5.74) is 0.452. The number of aliphatic hydroxyl groups excluding tert-OH is 1. The van der Waals surface area contributed by atoms with Crippen molar-refractivity contribution in [2.45, 2.75) is 0 Å². The molecule has 0 spiro atoms. The minimum Gasteiger partial charge on any atom is -0.507 e. The third-order valence-corrected chi connectivity index (χ3v) is 1.51. The van der Waals surface area contributed by atoms with Crippen LogP contribution >= 0.6 is 0 Å². The molecule has 0 aliphatic rings. The van der Waals surface area contributed by atoms with Crippen LogP contribution in [0.4, 0.5) is 0 Å². The van der Waals surface area contributed by atoms with Gasteiger partial charge >= 0.3 is 0 Å². The van der Waals surface area contributed by atoms with Gasteiger partial charge in [-0.15, -0.1) is 0 Å². The Labute approximate surface area is 76.6 Å². The van der Waals surface area contributed by atoms with Crippen molar-refractivity contribution >= 4 is 0 Å². The van der Waals surface area contributed by atoms with Gasteiger partial charge in [-0.25, -0.2) is 0 Å². The zero-order chi connectivity index (χ0) is 9.68. The Balaban J connectivity index is 3.04. The fourth-order valence-corrected chi connectivity index (χ4v) is 0.877. The lowest BCUT2D eigenvalue weighted by Crippen LogP contribution is -1.84. The van der Waals surface area contributed by atoms with Crippen molar-refractivity contribution in [1.29, 1.82) is 0 Å². The molecule has 1 rings (SSSR count). The number of phenolic OH excluding ortho intramolecular Hbond substituents is 1. The summed E-state index contributed by atoms with van der Waals surface area (Å²) < 4.78 is 4.95. The number of aliphatic hydroxyl groups is 1. The first-order valence-electron chi connectivity index (χ1n) is 3.74. The molecule has 0 aliphatic heterocycles. The van der Waals surface area contributed by atoms with E-state index in [9.17, 15) is 5.11 Å². The largest absolute Gasteiger partial charge is 0.507 e. The van der Waals surface area contributed by atoms with Crippen molar-refractivity contribution in [3.63, 3.8) is 0 Å². The van der Waals surface area contributed by atoms with E-state index in [2.05, 4.69) is 11.8 Å². The topological polar surface area (TPSA) is 49.7 Å². The number of hydrogen-bond acceptors (Lipinski definition) is 3. The Kier molecular flexibility index (Phi) is 3.18. The second kappa shape index (κ2) is 4.39. The Morgan fingerprint density at radius 1 is 1.46 bits per heavy atom. The van der Waals surface area contributed by atoms with E-state index in [-0.39, 0.29) is 12.4 Å². The van der Waals surface area contributed by atoms with E-state index in [1.165, 1.54) is 13.2 Å². The highest BCUT2D eigenvalue weighted by Gasteiger charge is 1.98. The summed E-state index contributed by atoms with van der Waals surface area (Å²) in [5.74, 6) is 5.76. The summed E-state index contributed by atoms with van der Waals surface area (Å²) in [6, 6.07) is 4.75. The van der Waals surface area contributed by atoms with Gasteiger partial charge in [0.2, 0.25) is 0 Å². The van der Waals surface area contributed by atoms with Gasteiger partial charge in [-0.3, -0.25) is 0 Å². The minimum atomic E-state index is -0.226. The molecule has 0 amide bonds. The van der Waals surface area contributed by atoms with Crippen molar-refractivity contribution in [1.82, 2.24) is 0 Å². The maximum absolute atomic E-state index is 9.32. The van der Waals surface area contributed by atoms with Crippen LogP contribution in [-0.2, 0) is 0 Å². The molecule has 0 unspecified atom stereocenters. The van der Waals surface area contributed by atoms with Gasteiger partial charge in [-0.2, -0.15) is 0 Å². The van der Waals surface area contributed by atoms with Gasteiger partial charge in [0, 0.05) is 0 Å². The van der Waals surface area contributed by atoms with Crippen LogP contribution in [0.5, 0.6) is 11.5 Å². The highest BCUT2D eigenvalue weighted by atomic mass is 16.5. The van der Waals surface area contributed by atoms with Crippen LogP contribution in [0.25, 0.3) is 0 Å². The molecule has 0 aliphatic carbocycles. The number of hydrogen-bond donors (Lipinski definition) is 2. The minimum absolute atomic E-state index is 0.0850. The average Bonchev–Trinajstić information content (AvgIpc) is 2.17. The second-order valence-corrected chi connectivity index (χ2v) is 2.34. The van der Waals surface area contributed by atoms with Crippen molar-refractivity contribution in [3.05, 3.63) is 23.8 Å². The molecule has 2 N–H and O–H groups in total. The van der Waals surface area contributed by atoms with Gasteiger partial charge in [0.05, 0.1) is 12.7 Å². The third-order valence-electron chi connectivity index (χ3n) is 1.51. The molecule has 0 saturated carbocycles. The van der Waals surface area contributed by atoms with E-state index >= 15 is 0 Å². The fraction of sp³-hybridized carbons (Fsp3) is 0.200. The summed E-state index contributed by atoms with van der Waals surface area (Å²) in [6.45, 7) is -0.226. The van der Waals surface area contributed by atoms with Gasteiger partial charge in [0.1, 0.15) is 18.1 Å². The summed E-state index contributed by atoms with van der Waals surface area (Å²) in [4.78, 5) is 0. The van der Waals surface area contributed by atoms with E-state index in [4.69, 9.17) is 9.84 Å². The lowest BCUT2D eigenvalue weighted by molar-refractivity contribution is 0.350. The van der Waals surface area contributed by atoms with E-state index in [0.29, 0.717) is 11.3 Å². The lowest BCUT2D eigenvalue weighted by atomic mass is 10.2. The molecular weight excluding hydrogens is 168 g/mol. The fourth-order valence-electron chi connectivity index (χ4n) is 0.877. The van der Waals surface area contributed by atoms with Gasteiger partial charge < -0.3 is 14.9 Å². The molecule has 0 atom stereocenters. The van der Waals surface area contributed by atoms with Crippen LogP contribution in [-0.4, -0.2) is 23.9 Å². The molecule has 3 nitrogen and oxygen atoms in total. The van der Waals surface area contributed by atoms with Crippen molar-refractivity contribution in [2.24, 2.45) is 0 Å². The summed E-state index contributed by atoms with van der Waals surface area (Å²) in [5, 5.41) is 17.8. The number of aromatic hydroxyl groups is 1. The molecule has 1 aromatic carbocycles. The number of phenols is 1. The van der Waals surface area contributed by atoms with E-state index < -0.39 is 0 Å². The first-order chi connectivity index (χ1) is 6.27. The van der Waals surface area contributed by atoms with E-state index in [1.54, 1.807) is 12.1 Å². The monoisotopic (exact) mass is 178 g/mol. The number of benzene rings is 1. The molecule has 68 valence electrons. The Hall–Kier alpha value is -1.66. The SMILES string of the molecule is COc1ccc(O)c(C#CCO)c1. The molecule has 0 fully saturated rings. The van der Waals surface area contributed by atoms with Crippen LogP contribution in [0.15, 0.2) is 18.2 Å². The van der Waals surface area contributed by atoms with Crippen LogP contribution in [0.2, 0.25) is 0 Å². The zero-order valence-electron chi connectivity index (χ0n) is 7.24. The van der Waals surface area contributed by atoms with Gasteiger partial charge in [-0.1, -0.05) is 11.8 Å². The predicted molar refractivity (Wildman–Crippen MR) is 48.6 cm³/mol. The summed E-state index contributed by atoms with van der Waals surface area (Å²) in [6.07, 6.45) is 0. The standard InChI is InChI=1S/C10H10O3/c1-13-9-4-5-10(12)8(7-9)3-2-6-11/h4-5,7,11-12H,6H2,1H3. The zero-order valence-corrected chi connectivity index (χ0v) is 7.24. The molecule has 1 aromatic rings. The van der Waals surface area contributed by atoms with Crippen LogP contribution in [0.1, 0.15) is 5.56 Å². The first-order valence-corrected chi connectivity index (χ1v) is 3.74. The molecule has 13 heavy (non-hydrogen) atoms. The van der Waals surface area contributed by atoms with Gasteiger partial charge in [0.15, 0.2) is 0 Å². The quantitative estimate of drug-likeness (QED) is 0.624. The van der Waals surface area contributed by atoms with Crippen LogP contribution in [0, 0.1) is 11.8 Å². The Morgan fingerprint density at radius 2 is 2.23 bits per heavy atom. The second-order valence-electron chi connectivity index (χ2n) is 2.34. The van der Waals surface area contributed by atoms with Crippen LogP contribution in [0.3, 0.4) is 0 Å².